The van der Waals surface area contributed by atoms with E-state index in [9.17, 15) is 8.42 Å². The van der Waals surface area contributed by atoms with Gasteiger partial charge in [-0.1, -0.05) is 18.0 Å². The smallest absolute Gasteiger partial charge is 0.280 e. The molecule has 0 aliphatic heterocycles. The highest BCUT2D eigenvalue weighted by molar-refractivity contribution is 7.87. The van der Waals surface area contributed by atoms with Crippen molar-refractivity contribution in [3.63, 3.8) is 0 Å². The molecule has 0 spiro atoms. The van der Waals surface area contributed by atoms with Crippen molar-refractivity contribution >= 4 is 16.0 Å². The summed E-state index contributed by atoms with van der Waals surface area (Å²) in [7, 11) is -3.54. The number of hydrogen-bond donors (Lipinski definition) is 3. The van der Waals surface area contributed by atoms with Crippen molar-refractivity contribution in [1.82, 2.24) is 9.03 Å². The Hall–Kier alpha value is -0.860. The number of hydrogen-bond acceptors (Lipinski definition) is 4. The van der Waals surface area contributed by atoms with Gasteiger partial charge < -0.3 is 10.9 Å². The van der Waals surface area contributed by atoms with E-state index >= 15 is 0 Å². The van der Waals surface area contributed by atoms with E-state index in [0.717, 1.165) is 38.5 Å². The highest BCUT2D eigenvalue weighted by atomic mass is 32.2. The van der Waals surface area contributed by atoms with Crippen molar-refractivity contribution in [2.24, 2.45) is 10.9 Å². The molecule has 8 heteroatoms. The minimum atomic E-state index is -3.54. The van der Waals surface area contributed by atoms with E-state index in [1.807, 2.05) is 0 Å². The van der Waals surface area contributed by atoms with E-state index in [0.29, 0.717) is 0 Å². The summed E-state index contributed by atoms with van der Waals surface area (Å²) in [6.45, 7) is -0.0524. The third-order valence-electron chi connectivity index (χ3n) is 3.38. The number of nitrogens with zero attached hydrogens (tertiary/aromatic N) is 2. The van der Waals surface area contributed by atoms with Crippen LogP contribution in [0.25, 0.3) is 0 Å². The van der Waals surface area contributed by atoms with E-state index in [2.05, 4.69) is 9.88 Å². The molecule has 2 aliphatic carbocycles. The zero-order valence-corrected chi connectivity index (χ0v) is 11.1. The third-order valence-corrected chi connectivity index (χ3v) is 5.06. The molecule has 0 unspecified atom stereocenters. The molecular formula is C10H20N4O3S. The van der Waals surface area contributed by atoms with Crippen LogP contribution in [0, 0.1) is 0 Å². The first-order valence-electron chi connectivity index (χ1n) is 6.28. The first kappa shape index (κ1) is 13.6. The van der Waals surface area contributed by atoms with Crippen LogP contribution < -0.4 is 10.5 Å². The lowest BCUT2D eigenvalue weighted by molar-refractivity contribution is 0.307. The summed E-state index contributed by atoms with van der Waals surface area (Å²) in [6, 6.07) is 0.0211. The molecule has 0 aromatic rings. The maximum atomic E-state index is 12.2. The SMILES string of the molecule is NC(CN(C1CCCC1)S(=O)(=O)NC1CC1)=NO. The Morgan fingerprint density at radius 3 is 2.44 bits per heavy atom. The minimum absolute atomic E-state index is 0.0402. The van der Waals surface area contributed by atoms with Gasteiger partial charge in [-0.15, -0.1) is 0 Å². The zero-order chi connectivity index (χ0) is 13.2. The molecule has 0 aromatic carbocycles. The Morgan fingerprint density at radius 2 is 1.94 bits per heavy atom. The maximum absolute atomic E-state index is 12.2. The Kier molecular flexibility index (Phi) is 4.08. The van der Waals surface area contributed by atoms with Crippen molar-refractivity contribution in [2.45, 2.75) is 50.6 Å². The second-order valence-corrected chi connectivity index (χ2v) is 6.63. The molecule has 0 atom stereocenters. The summed E-state index contributed by atoms with van der Waals surface area (Å²) in [4.78, 5) is 0. The standard InChI is InChI=1S/C10H20N4O3S/c11-10(12-15)7-14(9-3-1-2-4-9)18(16,17)13-8-5-6-8/h8-9,13,15H,1-7H2,(H2,11,12). The van der Waals surface area contributed by atoms with Crippen LogP contribution in [0.1, 0.15) is 38.5 Å². The second-order valence-electron chi connectivity index (χ2n) is 4.97. The van der Waals surface area contributed by atoms with Crippen LogP contribution in [0.4, 0.5) is 0 Å². The molecule has 2 saturated carbocycles. The number of nitrogens with one attached hydrogen (secondary N) is 1. The van der Waals surface area contributed by atoms with Crippen molar-refractivity contribution < 1.29 is 13.6 Å². The van der Waals surface area contributed by atoms with E-state index in [4.69, 9.17) is 10.9 Å². The molecule has 0 bridgehead atoms. The maximum Gasteiger partial charge on any atom is 0.280 e. The summed E-state index contributed by atoms with van der Waals surface area (Å²) < 4.78 is 28.5. The summed E-state index contributed by atoms with van der Waals surface area (Å²) in [5, 5.41) is 11.5. The third kappa shape index (κ3) is 3.33. The summed E-state index contributed by atoms with van der Waals surface area (Å²) >= 11 is 0. The van der Waals surface area contributed by atoms with Gasteiger partial charge in [-0.2, -0.15) is 17.4 Å². The van der Waals surface area contributed by atoms with Crippen molar-refractivity contribution in [3.05, 3.63) is 0 Å². The Bertz CT molecular complexity index is 413. The molecule has 0 heterocycles. The van der Waals surface area contributed by atoms with Gasteiger partial charge in [0.1, 0.15) is 0 Å². The summed E-state index contributed by atoms with van der Waals surface area (Å²) in [5.74, 6) is -0.0805. The molecular weight excluding hydrogens is 256 g/mol. The van der Waals surface area contributed by atoms with Crippen molar-refractivity contribution in [3.8, 4) is 0 Å². The summed E-state index contributed by atoms with van der Waals surface area (Å²) in [5.41, 5.74) is 5.45. The molecule has 2 fully saturated rings. The number of nitrogens with two attached hydrogens (primary N) is 1. The second kappa shape index (κ2) is 5.41. The zero-order valence-electron chi connectivity index (χ0n) is 10.2. The van der Waals surface area contributed by atoms with Crippen LogP contribution in [-0.4, -0.2) is 42.4 Å². The average Bonchev–Trinajstić information content (AvgIpc) is 2.96. The largest absolute Gasteiger partial charge is 0.409 e. The van der Waals surface area contributed by atoms with Gasteiger partial charge in [-0.3, -0.25) is 0 Å². The highest BCUT2D eigenvalue weighted by Crippen LogP contribution is 2.27. The van der Waals surface area contributed by atoms with E-state index in [1.54, 1.807) is 0 Å². The summed E-state index contributed by atoms with van der Waals surface area (Å²) in [6.07, 6.45) is 5.50. The Balaban J connectivity index is 2.11. The lowest BCUT2D eigenvalue weighted by Gasteiger charge is -2.27. The Labute approximate surface area is 107 Å². The number of amidine groups is 1. The van der Waals surface area contributed by atoms with Gasteiger partial charge >= 0.3 is 0 Å². The van der Waals surface area contributed by atoms with Crippen molar-refractivity contribution in [1.29, 1.82) is 0 Å². The van der Waals surface area contributed by atoms with Gasteiger partial charge in [-0.05, 0) is 25.7 Å². The van der Waals surface area contributed by atoms with Crippen LogP contribution >= 0.6 is 0 Å². The molecule has 104 valence electrons. The lowest BCUT2D eigenvalue weighted by atomic mass is 10.2. The average molecular weight is 276 g/mol. The first-order chi connectivity index (χ1) is 8.53. The molecule has 0 amide bonds. The fourth-order valence-corrected chi connectivity index (χ4v) is 3.97. The number of oxime groups is 1. The first-order valence-corrected chi connectivity index (χ1v) is 7.72. The molecule has 0 saturated heterocycles. The van der Waals surface area contributed by atoms with E-state index < -0.39 is 10.2 Å². The van der Waals surface area contributed by atoms with Crippen LogP contribution in [0.2, 0.25) is 0 Å². The van der Waals surface area contributed by atoms with Gasteiger partial charge in [-0.25, -0.2) is 0 Å². The monoisotopic (exact) mass is 276 g/mol. The van der Waals surface area contributed by atoms with Crippen LogP contribution in [0.15, 0.2) is 5.16 Å². The molecule has 4 N–H and O–H groups in total. The van der Waals surface area contributed by atoms with E-state index in [1.165, 1.54) is 4.31 Å². The van der Waals surface area contributed by atoms with Gasteiger partial charge in [0.15, 0.2) is 5.84 Å². The van der Waals surface area contributed by atoms with Crippen LogP contribution in [0.5, 0.6) is 0 Å². The van der Waals surface area contributed by atoms with E-state index in [-0.39, 0.29) is 24.5 Å². The van der Waals surface area contributed by atoms with Gasteiger partial charge in [0.2, 0.25) is 0 Å². The minimum Gasteiger partial charge on any atom is -0.409 e. The molecule has 2 aliphatic rings. The fraction of sp³-hybridized carbons (Fsp3) is 0.900. The molecule has 0 radical (unpaired) electrons. The molecule has 2 rings (SSSR count). The van der Waals surface area contributed by atoms with Gasteiger partial charge in [0.05, 0.1) is 6.54 Å². The predicted molar refractivity (Wildman–Crippen MR) is 67.4 cm³/mol. The van der Waals surface area contributed by atoms with Crippen LogP contribution in [-0.2, 0) is 10.2 Å². The topological polar surface area (TPSA) is 108 Å². The predicted octanol–water partition coefficient (Wildman–Crippen LogP) is -0.0258. The highest BCUT2D eigenvalue weighted by Gasteiger charge is 2.36. The van der Waals surface area contributed by atoms with Crippen molar-refractivity contribution in [2.75, 3.05) is 6.54 Å². The van der Waals surface area contributed by atoms with Gasteiger partial charge in [0, 0.05) is 12.1 Å². The lowest BCUT2D eigenvalue weighted by Crippen LogP contribution is -2.49. The fourth-order valence-electron chi connectivity index (χ4n) is 2.27. The molecule has 7 nitrogen and oxygen atoms in total. The van der Waals surface area contributed by atoms with Crippen LogP contribution in [0.3, 0.4) is 0 Å². The van der Waals surface area contributed by atoms with Gasteiger partial charge in [0.25, 0.3) is 10.2 Å². The molecule has 18 heavy (non-hydrogen) atoms. The molecule has 0 aromatic heterocycles. The normalized spacial score (nSPS) is 22.8. The quantitative estimate of drug-likeness (QED) is 0.274. The Morgan fingerprint density at radius 1 is 1.33 bits per heavy atom. The number of rotatable bonds is 6.